The van der Waals surface area contributed by atoms with Gasteiger partial charge in [0.25, 0.3) is 11.8 Å². The Morgan fingerprint density at radius 3 is 2.41 bits per heavy atom. The minimum Gasteiger partial charge on any atom is -0.378 e. The molecular weight excluding hydrogens is 409 g/mol. The molecule has 1 aliphatic heterocycles. The number of halogens is 1. The van der Waals surface area contributed by atoms with Gasteiger partial charge in [-0.25, -0.2) is 4.39 Å². The molecule has 2 amide bonds. The molecule has 0 aliphatic carbocycles. The third-order valence-corrected chi connectivity index (χ3v) is 5.76. The van der Waals surface area contributed by atoms with Gasteiger partial charge in [-0.2, -0.15) is 0 Å². The lowest BCUT2D eigenvalue weighted by atomic mass is 10.00. The first-order valence-electron chi connectivity index (χ1n) is 10.5. The van der Waals surface area contributed by atoms with Crippen LogP contribution in [0.2, 0.25) is 0 Å². The molecule has 1 fully saturated rings. The number of nitrogens with one attached hydrogen (secondary N) is 1. The van der Waals surface area contributed by atoms with Crippen LogP contribution in [0.25, 0.3) is 10.8 Å². The Balaban J connectivity index is 1.76. The van der Waals surface area contributed by atoms with Crippen LogP contribution in [0.1, 0.15) is 26.3 Å². The van der Waals surface area contributed by atoms with Crippen LogP contribution in [-0.2, 0) is 4.74 Å². The number of fused-ring (bicyclic) bond motifs is 1. The molecule has 1 heterocycles. The highest BCUT2D eigenvalue weighted by molar-refractivity contribution is 6.11. The summed E-state index contributed by atoms with van der Waals surface area (Å²) < 4.78 is 20.3. The number of hydrogen-bond acceptors (Lipinski definition) is 4. The summed E-state index contributed by atoms with van der Waals surface area (Å²) in [4.78, 5) is 28.8. The van der Waals surface area contributed by atoms with Crippen LogP contribution >= 0.6 is 0 Å². The Bertz CT molecular complexity index is 1190. The van der Waals surface area contributed by atoms with E-state index in [1.807, 2.05) is 19.1 Å². The molecule has 7 heteroatoms. The van der Waals surface area contributed by atoms with E-state index in [1.54, 1.807) is 49.3 Å². The van der Waals surface area contributed by atoms with Crippen LogP contribution < -0.4 is 5.32 Å². The normalized spacial score (nSPS) is 13.8. The summed E-state index contributed by atoms with van der Waals surface area (Å²) in [5, 5.41) is 4.23. The van der Waals surface area contributed by atoms with Crippen molar-refractivity contribution in [3.05, 3.63) is 71.0 Å². The van der Waals surface area contributed by atoms with Gasteiger partial charge in [0.15, 0.2) is 0 Å². The van der Waals surface area contributed by atoms with E-state index in [4.69, 9.17) is 4.74 Å². The molecule has 3 aromatic rings. The highest BCUT2D eigenvalue weighted by atomic mass is 19.1. The van der Waals surface area contributed by atoms with Crippen molar-refractivity contribution in [2.75, 3.05) is 45.7 Å². The van der Waals surface area contributed by atoms with Crippen LogP contribution in [0.15, 0.2) is 48.5 Å². The third kappa shape index (κ3) is 4.03. The predicted octanol–water partition coefficient (Wildman–Crippen LogP) is 4.21. The number of anilines is 2. The van der Waals surface area contributed by atoms with Crippen LogP contribution in [0.5, 0.6) is 0 Å². The minimum atomic E-state index is -0.448. The van der Waals surface area contributed by atoms with E-state index in [-0.39, 0.29) is 17.2 Å². The summed E-state index contributed by atoms with van der Waals surface area (Å²) in [6.07, 6.45) is 0. The Labute approximate surface area is 186 Å². The van der Waals surface area contributed by atoms with Gasteiger partial charge in [-0.1, -0.05) is 18.2 Å². The summed E-state index contributed by atoms with van der Waals surface area (Å²) in [5.74, 6) is -0.741. The lowest BCUT2D eigenvalue weighted by molar-refractivity contribution is 0.0304. The molecule has 1 saturated heterocycles. The first-order chi connectivity index (χ1) is 15.4. The van der Waals surface area contributed by atoms with Crippen LogP contribution in [0.4, 0.5) is 15.8 Å². The number of morpholine rings is 1. The topological polar surface area (TPSA) is 61.9 Å². The maximum Gasteiger partial charge on any atom is 0.254 e. The fourth-order valence-corrected chi connectivity index (χ4v) is 3.97. The van der Waals surface area contributed by atoms with Crippen molar-refractivity contribution in [1.29, 1.82) is 0 Å². The SMILES string of the molecule is Cc1c(Nc2ccc(C(=O)N3CCOCC3)c3c(F)cccc23)cccc1C(=O)N(C)C. The van der Waals surface area contributed by atoms with Crippen molar-refractivity contribution < 1.29 is 18.7 Å². The zero-order valence-corrected chi connectivity index (χ0v) is 18.4. The summed E-state index contributed by atoms with van der Waals surface area (Å²) in [5.41, 5.74) is 3.13. The zero-order valence-electron chi connectivity index (χ0n) is 18.4. The molecule has 0 saturated carbocycles. The summed E-state index contributed by atoms with van der Waals surface area (Å²) >= 11 is 0. The number of carbonyl (C=O) groups excluding carboxylic acids is 2. The van der Waals surface area contributed by atoms with Crippen LogP contribution in [0.3, 0.4) is 0 Å². The molecule has 4 rings (SSSR count). The fraction of sp³-hybridized carbons (Fsp3) is 0.280. The lowest BCUT2D eigenvalue weighted by Crippen LogP contribution is -2.40. The van der Waals surface area contributed by atoms with Crippen molar-refractivity contribution in [3.8, 4) is 0 Å². The molecule has 0 aromatic heterocycles. The second-order valence-electron chi connectivity index (χ2n) is 8.03. The third-order valence-electron chi connectivity index (χ3n) is 5.76. The van der Waals surface area contributed by atoms with Gasteiger partial charge < -0.3 is 19.9 Å². The number of hydrogen-bond donors (Lipinski definition) is 1. The average molecular weight is 435 g/mol. The predicted molar refractivity (Wildman–Crippen MR) is 123 cm³/mol. The first kappa shape index (κ1) is 21.8. The molecule has 1 N–H and O–H groups in total. The molecule has 0 spiro atoms. The number of benzene rings is 3. The summed E-state index contributed by atoms with van der Waals surface area (Å²) in [6, 6.07) is 13.7. The van der Waals surface area contributed by atoms with Gasteiger partial charge in [0.1, 0.15) is 5.82 Å². The molecule has 0 radical (unpaired) electrons. The van der Waals surface area contributed by atoms with Crippen LogP contribution in [-0.4, -0.2) is 62.0 Å². The number of amides is 2. The monoisotopic (exact) mass is 435 g/mol. The molecule has 32 heavy (non-hydrogen) atoms. The van der Waals surface area contributed by atoms with Gasteiger partial charge in [0.05, 0.1) is 18.8 Å². The van der Waals surface area contributed by atoms with Crippen molar-refractivity contribution in [3.63, 3.8) is 0 Å². The van der Waals surface area contributed by atoms with E-state index in [1.165, 1.54) is 11.0 Å². The molecule has 6 nitrogen and oxygen atoms in total. The average Bonchev–Trinajstić information content (AvgIpc) is 2.80. The Morgan fingerprint density at radius 2 is 1.69 bits per heavy atom. The smallest absolute Gasteiger partial charge is 0.254 e. The highest BCUT2D eigenvalue weighted by Crippen LogP contribution is 2.33. The number of rotatable bonds is 4. The number of ether oxygens (including phenoxy) is 1. The summed E-state index contributed by atoms with van der Waals surface area (Å²) in [6.45, 7) is 3.81. The second-order valence-corrected chi connectivity index (χ2v) is 8.03. The van der Waals surface area contributed by atoms with E-state index >= 15 is 0 Å². The Hall–Kier alpha value is -3.45. The van der Waals surface area contributed by atoms with Crippen molar-refractivity contribution >= 4 is 34.0 Å². The van der Waals surface area contributed by atoms with E-state index in [0.29, 0.717) is 48.5 Å². The molecule has 0 atom stereocenters. The zero-order chi connectivity index (χ0) is 22.8. The molecule has 1 aliphatic rings. The number of carbonyl (C=O) groups is 2. The Morgan fingerprint density at radius 1 is 0.969 bits per heavy atom. The molecule has 0 unspecified atom stereocenters. The number of nitrogens with zero attached hydrogens (tertiary/aromatic N) is 2. The van der Waals surface area contributed by atoms with Crippen LogP contribution in [0, 0.1) is 12.7 Å². The van der Waals surface area contributed by atoms with Gasteiger partial charge in [0.2, 0.25) is 0 Å². The van der Waals surface area contributed by atoms with Gasteiger partial charge in [-0.05, 0) is 42.8 Å². The molecule has 0 bridgehead atoms. The Kier molecular flexibility index (Phi) is 6.10. The minimum absolute atomic E-state index is 0.0893. The maximum absolute atomic E-state index is 15.0. The summed E-state index contributed by atoms with van der Waals surface area (Å²) in [7, 11) is 3.42. The largest absolute Gasteiger partial charge is 0.378 e. The maximum atomic E-state index is 15.0. The highest BCUT2D eigenvalue weighted by Gasteiger charge is 2.23. The van der Waals surface area contributed by atoms with Crippen molar-refractivity contribution in [2.24, 2.45) is 0 Å². The molecule has 3 aromatic carbocycles. The molecule has 166 valence electrons. The quantitative estimate of drug-likeness (QED) is 0.667. The lowest BCUT2D eigenvalue weighted by Gasteiger charge is -2.27. The standard InChI is InChI=1S/C25H26FN3O3/c1-16-17(24(30)28(2)3)6-5-9-21(16)27-22-11-10-19(23-18(22)7-4-8-20(23)26)25(31)29-12-14-32-15-13-29/h4-11,27H,12-15H2,1-3H3. The van der Waals surface area contributed by atoms with Gasteiger partial charge in [-0.15, -0.1) is 0 Å². The second kappa shape index (κ2) is 8.96. The van der Waals surface area contributed by atoms with Crippen molar-refractivity contribution in [1.82, 2.24) is 9.80 Å². The first-order valence-corrected chi connectivity index (χ1v) is 10.5. The van der Waals surface area contributed by atoms with Gasteiger partial charge in [0, 0.05) is 54.9 Å². The van der Waals surface area contributed by atoms with E-state index < -0.39 is 5.82 Å². The van der Waals surface area contributed by atoms with Crippen molar-refractivity contribution in [2.45, 2.75) is 6.92 Å². The van der Waals surface area contributed by atoms with E-state index in [9.17, 15) is 14.0 Å². The van der Waals surface area contributed by atoms with E-state index in [2.05, 4.69) is 5.32 Å². The van der Waals surface area contributed by atoms with Gasteiger partial charge in [-0.3, -0.25) is 9.59 Å². The molecular formula is C25H26FN3O3. The van der Waals surface area contributed by atoms with E-state index in [0.717, 1.165) is 11.3 Å². The fourth-order valence-electron chi connectivity index (χ4n) is 3.97. The van der Waals surface area contributed by atoms with Gasteiger partial charge >= 0.3 is 0 Å².